The first-order chi connectivity index (χ1) is 15.8. The normalized spacial score (nSPS) is 13.0. The van der Waals surface area contributed by atoms with Gasteiger partial charge >= 0.3 is 0 Å². The minimum Gasteiger partial charge on any atom is -0.386 e. The molecule has 0 aliphatic rings. The SMILES string of the molecule is CC(CCc1ccccc1C(C)(C)O)c1cccc(C=Cc2ccc3ccc(Cl)cc3n2)c1. The predicted octanol–water partition coefficient (Wildman–Crippen LogP) is 8.02. The zero-order valence-corrected chi connectivity index (χ0v) is 20.2. The molecule has 3 heteroatoms. The second kappa shape index (κ2) is 9.91. The number of fused-ring (bicyclic) bond motifs is 1. The Hall–Kier alpha value is -2.94. The van der Waals surface area contributed by atoms with E-state index in [0.29, 0.717) is 10.9 Å². The molecule has 1 heterocycles. The zero-order chi connectivity index (χ0) is 23.4. The van der Waals surface area contributed by atoms with Gasteiger partial charge in [0, 0.05) is 10.4 Å². The molecule has 0 aliphatic heterocycles. The number of aliphatic hydroxyl groups is 1. The molecule has 3 aromatic carbocycles. The van der Waals surface area contributed by atoms with Crippen molar-refractivity contribution in [1.29, 1.82) is 0 Å². The number of hydrogen-bond acceptors (Lipinski definition) is 2. The average molecular weight is 456 g/mol. The molecule has 0 spiro atoms. The van der Waals surface area contributed by atoms with E-state index >= 15 is 0 Å². The molecule has 2 nitrogen and oxygen atoms in total. The standard InChI is InChI=1S/C30H30ClNO/c1-21(11-13-23-8-4-5-10-28(23)30(2,3)33)25-9-6-7-22(19-25)12-17-27-18-15-24-14-16-26(31)20-29(24)32-27/h4-10,12,14-21,33H,11,13H2,1-3H3. The quantitative estimate of drug-likeness (QED) is 0.306. The molecule has 0 bridgehead atoms. The first-order valence-electron chi connectivity index (χ1n) is 11.4. The van der Waals surface area contributed by atoms with Gasteiger partial charge in [0.05, 0.1) is 16.8 Å². The number of nitrogens with zero attached hydrogens (tertiary/aromatic N) is 1. The van der Waals surface area contributed by atoms with Crippen molar-refractivity contribution in [3.63, 3.8) is 0 Å². The molecular formula is C30H30ClNO. The highest BCUT2D eigenvalue weighted by Crippen LogP contribution is 2.28. The Kier molecular flexibility index (Phi) is 6.97. The lowest BCUT2D eigenvalue weighted by atomic mass is 9.87. The summed E-state index contributed by atoms with van der Waals surface area (Å²) >= 11 is 6.12. The summed E-state index contributed by atoms with van der Waals surface area (Å²) in [6, 6.07) is 26.8. The molecular weight excluding hydrogens is 426 g/mol. The Balaban J connectivity index is 1.47. The predicted molar refractivity (Wildman–Crippen MR) is 141 cm³/mol. The van der Waals surface area contributed by atoms with Gasteiger partial charge in [0.1, 0.15) is 0 Å². The van der Waals surface area contributed by atoms with Crippen molar-refractivity contribution in [3.05, 3.63) is 112 Å². The van der Waals surface area contributed by atoms with Crippen LogP contribution in [0.15, 0.2) is 78.9 Å². The third-order valence-electron chi connectivity index (χ3n) is 6.13. The monoisotopic (exact) mass is 455 g/mol. The van der Waals surface area contributed by atoms with Crippen LogP contribution < -0.4 is 0 Å². The first-order valence-corrected chi connectivity index (χ1v) is 11.8. The number of aryl methyl sites for hydroxylation is 1. The lowest BCUT2D eigenvalue weighted by molar-refractivity contribution is 0.0775. The number of aromatic nitrogens is 1. The van der Waals surface area contributed by atoms with Gasteiger partial charge in [0.15, 0.2) is 0 Å². The molecule has 1 aromatic heterocycles. The van der Waals surface area contributed by atoms with Gasteiger partial charge < -0.3 is 5.11 Å². The minimum atomic E-state index is -0.827. The van der Waals surface area contributed by atoms with Gasteiger partial charge in [-0.25, -0.2) is 4.98 Å². The molecule has 0 saturated heterocycles. The van der Waals surface area contributed by atoms with Gasteiger partial charge in [-0.1, -0.05) is 85.3 Å². The summed E-state index contributed by atoms with van der Waals surface area (Å²) < 4.78 is 0. The highest BCUT2D eigenvalue weighted by atomic mass is 35.5. The van der Waals surface area contributed by atoms with E-state index < -0.39 is 5.60 Å². The topological polar surface area (TPSA) is 33.1 Å². The Morgan fingerprint density at radius 2 is 1.73 bits per heavy atom. The van der Waals surface area contributed by atoms with E-state index in [0.717, 1.165) is 40.6 Å². The fourth-order valence-corrected chi connectivity index (χ4v) is 4.39. The summed E-state index contributed by atoms with van der Waals surface area (Å²) in [6.07, 6.45) is 6.11. The summed E-state index contributed by atoms with van der Waals surface area (Å²) in [5.41, 5.74) is 5.69. The van der Waals surface area contributed by atoms with Gasteiger partial charge in [-0.05, 0) is 79.1 Å². The van der Waals surface area contributed by atoms with Gasteiger partial charge in [-0.2, -0.15) is 0 Å². The molecule has 0 aliphatic carbocycles. The second-order valence-electron chi connectivity index (χ2n) is 9.23. The fraction of sp³-hybridized carbons (Fsp3) is 0.233. The maximum Gasteiger partial charge on any atom is 0.0843 e. The number of pyridine rings is 1. The van der Waals surface area contributed by atoms with Crippen molar-refractivity contribution in [1.82, 2.24) is 4.98 Å². The largest absolute Gasteiger partial charge is 0.386 e. The Morgan fingerprint density at radius 3 is 2.55 bits per heavy atom. The first kappa shape index (κ1) is 23.2. The van der Waals surface area contributed by atoms with Crippen LogP contribution in [0.4, 0.5) is 0 Å². The lowest BCUT2D eigenvalue weighted by Crippen LogP contribution is -2.18. The van der Waals surface area contributed by atoms with Gasteiger partial charge in [-0.15, -0.1) is 0 Å². The summed E-state index contributed by atoms with van der Waals surface area (Å²) in [5.74, 6) is 0.411. The van der Waals surface area contributed by atoms with Gasteiger partial charge in [0.2, 0.25) is 0 Å². The third kappa shape index (κ3) is 5.90. The zero-order valence-electron chi connectivity index (χ0n) is 19.4. The van der Waals surface area contributed by atoms with Crippen molar-refractivity contribution in [2.45, 2.75) is 45.1 Å². The van der Waals surface area contributed by atoms with Crippen molar-refractivity contribution in [2.75, 3.05) is 0 Å². The molecule has 1 N–H and O–H groups in total. The van der Waals surface area contributed by atoms with Crippen LogP contribution in [-0.4, -0.2) is 10.1 Å². The Bertz CT molecular complexity index is 1290. The molecule has 4 aromatic rings. The molecule has 4 rings (SSSR count). The van der Waals surface area contributed by atoms with E-state index in [1.54, 1.807) is 0 Å². The summed E-state index contributed by atoms with van der Waals surface area (Å²) in [4.78, 5) is 4.71. The van der Waals surface area contributed by atoms with E-state index in [1.165, 1.54) is 11.1 Å². The van der Waals surface area contributed by atoms with E-state index in [2.05, 4.69) is 55.5 Å². The van der Waals surface area contributed by atoms with E-state index in [-0.39, 0.29) is 0 Å². The van der Waals surface area contributed by atoms with Crippen LogP contribution in [-0.2, 0) is 12.0 Å². The van der Waals surface area contributed by atoms with Crippen LogP contribution in [0.1, 0.15) is 61.1 Å². The summed E-state index contributed by atoms with van der Waals surface area (Å²) in [6.45, 7) is 5.97. The number of rotatable bonds is 7. The fourth-order valence-electron chi connectivity index (χ4n) is 4.22. The second-order valence-corrected chi connectivity index (χ2v) is 9.67. The van der Waals surface area contributed by atoms with Crippen molar-refractivity contribution in [2.24, 2.45) is 0 Å². The number of hydrogen-bond donors (Lipinski definition) is 1. The van der Waals surface area contributed by atoms with E-state index in [4.69, 9.17) is 16.6 Å². The van der Waals surface area contributed by atoms with Crippen molar-refractivity contribution >= 4 is 34.7 Å². The van der Waals surface area contributed by atoms with Crippen LogP contribution in [0.2, 0.25) is 5.02 Å². The van der Waals surface area contributed by atoms with Crippen LogP contribution in [0.25, 0.3) is 23.1 Å². The Labute approximate surface area is 201 Å². The van der Waals surface area contributed by atoms with Gasteiger partial charge in [-0.3, -0.25) is 0 Å². The average Bonchev–Trinajstić information content (AvgIpc) is 2.80. The van der Waals surface area contributed by atoms with Crippen LogP contribution >= 0.6 is 11.6 Å². The summed E-state index contributed by atoms with van der Waals surface area (Å²) in [7, 11) is 0. The third-order valence-corrected chi connectivity index (χ3v) is 6.36. The van der Waals surface area contributed by atoms with E-state index in [1.807, 2.05) is 56.3 Å². The highest BCUT2D eigenvalue weighted by Gasteiger charge is 2.19. The molecule has 168 valence electrons. The molecule has 1 atom stereocenters. The molecule has 0 amide bonds. The van der Waals surface area contributed by atoms with Crippen molar-refractivity contribution < 1.29 is 5.11 Å². The molecule has 1 unspecified atom stereocenters. The number of halogens is 1. The van der Waals surface area contributed by atoms with Crippen LogP contribution in [0, 0.1) is 0 Å². The van der Waals surface area contributed by atoms with Crippen LogP contribution in [0.3, 0.4) is 0 Å². The van der Waals surface area contributed by atoms with Crippen molar-refractivity contribution in [3.8, 4) is 0 Å². The molecule has 0 saturated carbocycles. The summed E-state index contributed by atoms with van der Waals surface area (Å²) in [5, 5.41) is 12.3. The molecule has 0 radical (unpaired) electrons. The minimum absolute atomic E-state index is 0.411. The maximum atomic E-state index is 10.5. The van der Waals surface area contributed by atoms with Gasteiger partial charge in [0.25, 0.3) is 0 Å². The lowest BCUT2D eigenvalue weighted by Gasteiger charge is -2.22. The van der Waals surface area contributed by atoms with E-state index in [9.17, 15) is 5.11 Å². The smallest absolute Gasteiger partial charge is 0.0843 e. The Morgan fingerprint density at radius 1 is 0.939 bits per heavy atom. The molecule has 33 heavy (non-hydrogen) atoms. The highest BCUT2D eigenvalue weighted by molar-refractivity contribution is 6.31. The molecule has 0 fully saturated rings. The maximum absolute atomic E-state index is 10.5. The van der Waals surface area contributed by atoms with Crippen LogP contribution in [0.5, 0.6) is 0 Å². The number of benzene rings is 3.